The second-order valence-electron chi connectivity index (χ2n) is 4.17. The lowest BCUT2D eigenvalue weighted by Gasteiger charge is -2.31. The lowest BCUT2D eigenvalue weighted by molar-refractivity contribution is -0.144. The lowest BCUT2D eigenvalue weighted by atomic mass is 10.0. The largest absolute Gasteiger partial charge is 0.481 e. The number of hydrogen-bond acceptors (Lipinski definition) is 3. The van der Waals surface area contributed by atoms with E-state index in [1.165, 1.54) is 0 Å². The van der Waals surface area contributed by atoms with Crippen molar-refractivity contribution in [3.63, 3.8) is 0 Å². The van der Waals surface area contributed by atoms with Crippen LogP contribution in [-0.4, -0.2) is 40.5 Å². The molecule has 5 nitrogen and oxygen atoms in total. The summed E-state index contributed by atoms with van der Waals surface area (Å²) in [5, 5.41) is 8.89. The molecule has 1 fully saturated rings. The summed E-state index contributed by atoms with van der Waals surface area (Å²) in [5.74, 6) is -1.67. The van der Waals surface area contributed by atoms with Gasteiger partial charge in [0.15, 0.2) is 0 Å². The maximum atomic E-state index is 11.1. The molecule has 0 aliphatic carbocycles. The number of nitrogens with zero attached hydrogens (tertiary/aromatic N) is 1. The van der Waals surface area contributed by atoms with E-state index < -0.39 is 11.9 Å². The first-order valence-corrected chi connectivity index (χ1v) is 5.23. The van der Waals surface area contributed by atoms with E-state index in [2.05, 4.69) is 0 Å². The molecule has 0 radical (unpaired) electrons. The highest BCUT2D eigenvalue weighted by Gasteiger charge is 2.36. The summed E-state index contributed by atoms with van der Waals surface area (Å²) in [6.45, 7) is 4.25. The fourth-order valence-corrected chi connectivity index (χ4v) is 2.08. The fourth-order valence-electron chi connectivity index (χ4n) is 2.08. The van der Waals surface area contributed by atoms with Crippen LogP contribution in [0.1, 0.15) is 26.7 Å². The van der Waals surface area contributed by atoms with Crippen LogP contribution in [0.25, 0.3) is 0 Å². The van der Waals surface area contributed by atoms with Gasteiger partial charge in [-0.2, -0.15) is 0 Å². The number of nitrogens with two attached hydrogens (primary N) is 1. The molecule has 0 saturated carbocycles. The average Bonchev–Trinajstić information content (AvgIpc) is 2.63. The molecule has 0 aromatic rings. The molecular weight excluding hydrogens is 196 g/mol. The number of hydrogen-bond donors (Lipinski definition) is 2. The van der Waals surface area contributed by atoms with E-state index in [0.29, 0.717) is 0 Å². The molecule has 1 rings (SSSR count). The van der Waals surface area contributed by atoms with Crippen molar-refractivity contribution in [3.05, 3.63) is 0 Å². The molecule has 3 N–H and O–H groups in total. The topological polar surface area (TPSA) is 83.6 Å². The van der Waals surface area contributed by atoms with Crippen molar-refractivity contribution in [3.8, 4) is 0 Å². The number of amides is 1. The van der Waals surface area contributed by atoms with Crippen molar-refractivity contribution in [1.82, 2.24) is 4.90 Å². The smallest absolute Gasteiger partial charge is 0.307 e. The monoisotopic (exact) mass is 214 g/mol. The highest BCUT2D eigenvalue weighted by atomic mass is 16.4. The Morgan fingerprint density at radius 1 is 1.47 bits per heavy atom. The zero-order valence-corrected chi connectivity index (χ0v) is 9.14. The molecule has 0 aromatic heterocycles. The van der Waals surface area contributed by atoms with Crippen molar-refractivity contribution < 1.29 is 14.7 Å². The van der Waals surface area contributed by atoms with E-state index in [0.717, 1.165) is 19.4 Å². The summed E-state index contributed by atoms with van der Waals surface area (Å²) in [4.78, 5) is 23.9. The highest BCUT2D eigenvalue weighted by molar-refractivity contribution is 5.80. The Hall–Kier alpha value is -1.10. The minimum Gasteiger partial charge on any atom is -0.481 e. The second-order valence-corrected chi connectivity index (χ2v) is 4.17. The number of carboxylic acids is 1. The Balaban J connectivity index is 2.70. The van der Waals surface area contributed by atoms with Crippen LogP contribution >= 0.6 is 0 Å². The zero-order valence-electron chi connectivity index (χ0n) is 9.14. The Labute approximate surface area is 89.2 Å². The van der Waals surface area contributed by atoms with Crippen LogP contribution in [0.2, 0.25) is 0 Å². The lowest BCUT2D eigenvalue weighted by Crippen LogP contribution is -2.48. The number of carboxylic acid groups (broad SMARTS) is 1. The second kappa shape index (κ2) is 4.61. The van der Waals surface area contributed by atoms with Crippen LogP contribution in [0.5, 0.6) is 0 Å². The van der Waals surface area contributed by atoms with Crippen LogP contribution in [0.15, 0.2) is 0 Å². The van der Waals surface area contributed by atoms with Gasteiger partial charge in [0.25, 0.3) is 0 Å². The van der Waals surface area contributed by atoms with E-state index >= 15 is 0 Å². The van der Waals surface area contributed by atoms with Crippen molar-refractivity contribution in [2.45, 2.75) is 38.8 Å². The summed E-state index contributed by atoms with van der Waals surface area (Å²) in [6, 6.07) is -0.440. The minimum atomic E-state index is -0.836. The number of carbonyl (C=O) groups is 2. The average molecular weight is 214 g/mol. The molecule has 1 aliphatic heterocycles. The summed E-state index contributed by atoms with van der Waals surface area (Å²) in [5.41, 5.74) is 5.27. The van der Waals surface area contributed by atoms with Gasteiger partial charge in [0.1, 0.15) is 0 Å². The molecule has 0 spiro atoms. The van der Waals surface area contributed by atoms with Gasteiger partial charge in [-0.25, -0.2) is 0 Å². The Kier molecular flexibility index (Phi) is 3.68. The van der Waals surface area contributed by atoms with Gasteiger partial charge in [-0.1, -0.05) is 6.92 Å². The molecule has 0 aromatic carbocycles. The van der Waals surface area contributed by atoms with Crippen LogP contribution in [0.3, 0.4) is 0 Å². The summed E-state index contributed by atoms with van der Waals surface area (Å²) in [6.07, 6.45) is 1.65. The zero-order chi connectivity index (χ0) is 11.6. The quantitative estimate of drug-likeness (QED) is 0.692. The van der Waals surface area contributed by atoms with Crippen molar-refractivity contribution in [2.75, 3.05) is 6.54 Å². The first-order chi connectivity index (χ1) is 6.95. The number of aliphatic carboxylic acids is 1. The Morgan fingerprint density at radius 2 is 2.07 bits per heavy atom. The van der Waals surface area contributed by atoms with Crippen LogP contribution < -0.4 is 5.73 Å². The fraction of sp³-hybridized carbons (Fsp3) is 0.800. The molecule has 0 bridgehead atoms. The predicted molar refractivity (Wildman–Crippen MR) is 55.2 cm³/mol. The molecular formula is C10H18N2O3. The minimum absolute atomic E-state index is 0.150. The van der Waals surface area contributed by atoms with Gasteiger partial charge in [0, 0.05) is 6.04 Å². The van der Waals surface area contributed by atoms with Gasteiger partial charge in [-0.05, 0) is 26.3 Å². The van der Waals surface area contributed by atoms with E-state index in [-0.39, 0.29) is 18.0 Å². The number of primary amides is 1. The van der Waals surface area contributed by atoms with Crippen LogP contribution in [0.4, 0.5) is 0 Å². The van der Waals surface area contributed by atoms with Crippen molar-refractivity contribution in [2.24, 2.45) is 11.7 Å². The Morgan fingerprint density at radius 3 is 2.53 bits per heavy atom. The SMILES string of the molecule is CC(C(=O)O)C(C)N1CCCC1C(N)=O. The Bertz CT molecular complexity index is 267. The number of carbonyl (C=O) groups excluding carboxylic acids is 1. The molecule has 15 heavy (non-hydrogen) atoms. The maximum Gasteiger partial charge on any atom is 0.307 e. The summed E-state index contributed by atoms with van der Waals surface area (Å²) >= 11 is 0. The van der Waals surface area contributed by atoms with Gasteiger partial charge < -0.3 is 10.8 Å². The van der Waals surface area contributed by atoms with E-state index in [4.69, 9.17) is 10.8 Å². The van der Waals surface area contributed by atoms with Crippen molar-refractivity contribution >= 4 is 11.9 Å². The van der Waals surface area contributed by atoms with Crippen molar-refractivity contribution in [1.29, 1.82) is 0 Å². The van der Waals surface area contributed by atoms with Gasteiger partial charge in [0.2, 0.25) is 5.91 Å². The summed E-state index contributed by atoms with van der Waals surface area (Å²) in [7, 11) is 0. The van der Waals surface area contributed by atoms with Gasteiger partial charge in [0.05, 0.1) is 12.0 Å². The molecule has 86 valence electrons. The third kappa shape index (κ3) is 2.47. The molecule has 3 atom stereocenters. The predicted octanol–water partition coefficient (Wildman–Crippen LogP) is 0.0453. The third-order valence-corrected chi connectivity index (χ3v) is 3.26. The highest BCUT2D eigenvalue weighted by Crippen LogP contribution is 2.23. The molecule has 1 saturated heterocycles. The first kappa shape index (κ1) is 12.0. The van der Waals surface area contributed by atoms with Crippen LogP contribution in [-0.2, 0) is 9.59 Å². The van der Waals surface area contributed by atoms with Gasteiger partial charge >= 0.3 is 5.97 Å². The number of likely N-dealkylation sites (tertiary alicyclic amines) is 1. The van der Waals surface area contributed by atoms with Gasteiger partial charge in [-0.3, -0.25) is 14.5 Å². The van der Waals surface area contributed by atoms with Gasteiger partial charge in [-0.15, -0.1) is 0 Å². The van der Waals surface area contributed by atoms with Crippen LogP contribution in [0, 0.1) is 5.92 Å². The van der Waals surface area contributed by atoms with E-state index in [1.807, 2.05) is 11.8 Å². The molecule has 1 aliphatic rings. The molecule has 1 heterocycles. The normalized spacial score (nSPS) is 26.1. The maximum absolute atomic E-state index is 11.1. The third-order valence-electron chi connectivity index (χ3n) is 3.26. The molecule has 5 heteroatoms. The standard InChI is InChI=1S/C10H18N2O3/c1-6(10(14)15)7(2)12-5-3-4-8(12)9(11)13/h6-8H,3-5H2,1-2H3,(H2,11,13)(H,14,15). The molecule has 3 unspecified atom stereocenters. The number of rotatable bonds is 4. The first-order valence-electron chi connectivity index (χ1n) is 5.23. The molecule has 1 amide bonds. The van der Waals surface area contributed by atoms with E-state index in [9.17, 15) is 9.59 Å². The summed E-state index contributed by atoms with van der Waals surface area (Å²) < 4.78 is 0. The van der Waals surface area contributed by atoms with E-state index in [1.54, 1.807) is 6.92 Å².